The maximum absolute atomic E-state index is 12.8. The van der Waals surface area contributed by atoms with Crippen molar-refractivity contribution in [3.05, 3.63) is 65.0 Å². The van der Waals surface area contributed by atoms with Crippen LogP contribution in [0.4, 0.5) is 0 Å². The molecular formula is C18H14N6O2S. The third kappa shape index (κ3) is 3.36. The molecule has 134 valence electrons. The van der Waals surface area contributed by atoms with Gasteiger partial charge < -0.3 is 0 Å². The number of fused-ring (bicyclic) bond motifs is 1. The Hall–Kier alpha value is -3.69. The lowest BCUT2D eigenvalue weighted by Gasteiger charge is -2.15. The number of hydrogen-bond donors (Lipinski definition) is 0. The first-order valence-electron chi connectivity index (χ1n) is 7.78. The molecule has 3 rings (SSSR count). The van der Waals surface area contributed by atoms with Gasteiger partial charge in [-0.2, -0.15) is 33.6 Å². The zero-order chi connectivity index (χ0) is 19.6. The highest BCUT2D eigenvalue weighted by molar-refractivity contribution is 7.89. The third-order valence-electron chi connectivity index (χ3n) is 3.98. The number of nitriles is 2. The van der Waals surface area contributed by atoms with E-state index in [0.717, 1.165) is 4.41 Å². The van der Waals surface area contributed by atoms with Gasteiger partial charge in [0.15, 0.2) is 0 Å². The fourth-order valence-corrected chi connectivity index (χ4v) is 3.67. The molecule has 3 aromatic rings. The van der Waals surface area contributed by atoms with Gasteiger partial charge in [-0.15, -0.1) is 0 Å². The number of hydrazone groups is 1. The lowest BCUT2D eigenvalue weighted by atomic mass is 10.2. The molecule has 0 aliphatic heterocycles. The van der Waals surface area contributed by atoms with Crippen molar-refractivity contribution in [2.45, 2.75) is 11.8 Å². The summed E-state index contributed by atoms with van der Waals surface area (Å²) in [7, 11) is -2.60. The second-order valence-electron chi connectivity index (χ2n) is 5.73. The molecule has 0 amide bonds. The zero-order valence-corrected chi connectivity index (χ0v) is 15.3. The molecule has 8 nitrogen and oxygen atoms in total. The van der Waals surface area contributed by atoms with Gasteiger partial charge in [0, 0.05) is 18.8 Å². The smallest absolute Gasteiger partial charge is 0.240 e. The number of nitrogens with zero attached hydrogens (tertiary/aromatic N) is 6. The topological polar surface area (TPSA) is 115 Å². The molecule has 0 atom stereocenters. The average Bonchev–Trinajstić information content (AvgIpc) is 3.08. The number of hydrogen-bond acceptors (Lipinski definition) is 6. The Bertz CT molecular complexity index is 1250. The van der Waals surface area contributed by atoms with Crippen LogP contribution in [0.3, 0.4) is 0 Å². The summed E-state index contributed by atoms with van der Waals surface area (Å²) in [5.74, 6) is 0. The van der Waals surface area contributed by atoms with Crippen molar-refractivity contribution in [2.75, 3.05) is 7.05 Å². The molecule has 0 fully saturated rings. The van der Waals surface area contributed by atoms with Gasteiger partial charge in [0.2, 0.25) is 0 Å². The number of pyridine rings is 1. The van der Waals surface area contributed by atoms with Crippen LogP contribution in [-0.4, -0.2) is 35.7 Å². The van der Waals surface area contributed by atoms with Crippen molar-refractivity contribution < 1.29 is 8.42 Å². The van der Waals surface area contributed by atoms with Gasteiger partial charge in [0.1, 0.15) is 0 Å². The summed E-state index contributed by atoms with van der Waals surface area (Å²) >= 11 is 0. The Kier molecular flexibility index (Phi) is 4.63. The SMILES string of the molecule is Cc1ccc(C#N)cc1S(=O)(=O)N(C)N=Cc1cnn2ccc(C#N)cc12. The van der Waals surface area contributed by atoms with Crippen LogP contribution in [0.15, 0.2) is 52.7 Å². The van der Waals surface area contributed by atoms with Gasteiger partial charge >= 0.3 is 0 Å². The van der Waals surface area contributed by atoms with Crippen LogP contribution in [0.1, 0.15) is 22.3 Å². The predicted molar refractivity (Wildman–Crippen MR) is 98.3 cm³/mol. The van der Waals surface area contributed by atoms with Gasteiger partial charge in [-0.05, 0) is 36.8 Å². The minimum absolute atomic E-state index is 0.0211. The van der Waals surface area contributed by atoms with Crippen molar-refractivity contribution in [3.8, 4) is 12.1 Å². The summed E-state index contributed by atoms with van der Waals surface area (Å²) in [6, 6.07) is 11.7. The summed E-state index contributed by atoms with van der Waals surface area (Å²) in [5.41, 5.74) is 2.43. The number of sulfonamides is 1. The summed E-state index contributed by atoms with van der Waals surface area (Å²) in [5, 5.41) is 26.2. The van der Waals surface area contributed by atoms with Crippen LogP contribution < -0.4 is 0 Å². The van der Waals surface area contributed by atoms with E-state index in [9.17, 15) is 8.42 Å². The molecule has 2 aromatic heterocycles. The highest BCUT2D eigenvalue weighted by atomic mass is 32.2. The van der Waals surface area contributed by atoms with E-state index >= 15 is 0 Å². The van der Waals surface area contributed by atoms with E-state index in [1.54, 1.807) is 41.9 Å². The van der Waals surface area contributed by atoms with Crippen molar-refractivity contribution in [3.63, 3.8) is 0 Å². The lowest BCUT2D eigenvalue weighted by Crippen LogP contribution is -2.22. The molecule has 0 aliphatic carbocycles. The fourth-order valence-electron chi connectivity index (χ4n) is 2.46. The molecule has 0 saturated heterocycles. The Morgan fingerprint density at radius 2 is 1.89 bits per heavy atom. The molecule has 0 radical (unpaired) electrons. The van der Waals surface area contributed by atoms with E-state index in [0.29, 0.717) is 22.2 Å². The van der Waals surface area contributed by atoms with E-state index in [4.69, 9.17) is 10.5 Å². The number of aromatic nitrogens is 2. The van der Waals surface area contributed by atoms with E-state index in [2.05, 4.69) is 10.2 Å². The van der Waals surface area contributed by atoms with Crippen molar-refractivity contribution >= 4 is 21.8 Å². The second kappa shape index (κ2) is 6.90. The summed E-state index contributed by atoms with van der Waals surface area (Å²) in [6.07, 6.45) is 4.54. The molecule has 0 aliphatic rings. The summed E-state index contributed by atoms with van der Waals surface area (Å²) < 4.78 is 28.0. The number of benzene rings is 1. The van der Waals surface area contributed by atoms with Gasteiger partial charge in [-0.3, -0.25) is 0 Å². The van der Waals surface area contributed by atoms with E-state index in [1.807, 2.05) is 12.1 Å². The highest BCUT2D eigenvalue weighted by Gasteiger charge is 2.22. The molecular weight excluding hydrogens is 364 g/mol. The average molecular weight is 378 g/mol. The molecule has 0 unspecified atom stereocenters. The first-order valence-corrected chi connectivity index (χ1v) is 9.22. The Morgan fingerprint density at radius 1 is 1.19 bits per heavy atom. The summed E-state index contributed by atoms with van der Waals surface area (Å²) in [4.78, 5) is 0.0211. The van der Waals surface area contributed by atoms with E-state index in [-0.39, 0.29) is 10.5 Å². The molecule has 0 bridgehead atoms. The third-order valence-corrected chi connectivity index (χ3v) is 5.77. The van der Waals surface area contributed by atoms with E-state index in [1.165, 1.54) is 25.5 Å². The molecule has 0 spiro atoms. The molecule has 1 aromatic carbocycles. The molecule has 9 heteroatoms. The zero-order valence-electron chi connectivity index (χ0n) is 14.5. The predicted octanol–water partition coefficient (Wildman–Crippen LogP) is 2.04. The number of rotatable bonds is 4. The fraction of sp³-hybridized carbons (Fsp3) is 0.111. The first-order chi connectivity index (χ1) is 12.9. The lowest BCUT2D eigenvalue weighted by molar-refractivity contribution is 0.490. The van der Waals surface area contributed by atoms with Crippen molar-refractivity contribution in [1.82, 2.24) is 14.0 Å². The van der Waals surface area contributed by atoms with Crippen LogP contribution >= 0.6 is 0 Å². The van der Waals surface area contributed by atoms with Crippen LogP contribution in [-0.2, 0) is 10.0 Å². The second-order valence-corrected chi connectivity index (χ2v) is 7.65. The largest absolute Gasteiger partial charge is 0.279 e. The Balaban J connectivity index is 1.96. The van der Waals surface area contributed by atoms with Gasteiger partial charge in [-0.25, -0.2) is 4.52 Å². The van der Waals surface area contributed by atoms with Gasteiger partial charge in [0.05, 0.1) is 46.1 Å². The summed E-state index contributed by atoms with van der Waals surface area (Å²) in [6.45, 7) is 1.65. The standard InChI is InChI=1S/C18H14N6O2S/c1-13-3-4-14(9-19)8-18(13)27(25,26)23(2)21-11-16-12-22-24-6-5-15(10-20)7-17(16)24/h3-8,11-12H,1-2H3. The first kappa shape index (κ1) is 18.1. The normalized spacial score (nSPS) is 11.4. The Morgan fingerprint density at radius 3 is 2.59 bits per heavy atom. The van der Waals surface area contributed by atoms with Crippen LogP contribution in [0, 0.1) is 29.6 Å². The number of aryl methyl sites for hydroxylation is 1. The van der Waals surface area contributed by atoms with Gasteiger partial charge in [-0.1, -0.05) is 6.07 Å². The van der Waals surface area contributed by atoms with Crippen molar-refractivity contribution in [2.24, 2.45) is 5.10 Å². The maximum atomic E-state index is 12.8. The monoisotopic (exact) mass is 378 g/mol. The quantitative estimate of drug-likeness (QED) is 0.509. The van der Waals surface area contributed by atoms with E-state index < -0.39 is 10.0 Å². The van der Waals surface area contributed by atoms with Crippen LogP contribution in [0.2, 0.25) is 0 Å². The maximum Gasteiger partial charge on any atom is 0.279 e. The molecule has 0 saturated carbocycles. The highest BCUT2D eigenvalue weighted by Crippen LogP contribution is 2.21. The molecule has 27 heavy (non-hydrogen) atoms. The molecule has 0 N–H and O–H groups in total. The van der Waals surface area contributed by atoms with Crippen molar-refractivity contribution in [1.29, 1.82) is 10.5 Å². The van der Waals surface area contributed by atoms with Crippen LogP contribution in [0.25, 0.3) is 5.52 Å². The minimum atomic E-state index is -3.92. The molecule has 2 heterocycles. The van der Waals surface area contributed by atoms with Gasteiger partial charge in [0.25, 0.3) is 10.0 Å². The van der Waals surface area contributed by atoms with Crippen LogP contribution in [0.5, 0.6) is 0 Å². The minimum Gasteiger partial charge on any atom is -0.240 e. The Labute approximate surface area is 156 Å².